The minimum absolute atomic E-state index is 0.127. The molecule has 0 unspecified atom stereocenters. The maximum absolute atomic E-state index is 12.4. The van der Waals surface area contributed by atoms with Crippen LogP contribution in [0.25, 0.3) is 10.9 Å². The Morgan fingerprint density at radius 3 is 2.93 bits per heavy atom. The van der Waals surface area contributed by atoms with Gasteiger partial charge in [-0.1, -0.05) is 6.07 Å². The fraction of sp³-hybridized carbons (Fsp3) is 0.158. The van der Waals surface area contributed by atoms with E-state index >= 15 is 0 Å². The highest BCUT2D eigenvalue weighted by atomic mass is 32.2. The van der Waals surface area contributed by atoms with Crippen molar-refractivity contribution in [1.29, 1.82) is 0 Å². The lowest BCUT2D eigenvalue weighted by atomic mass is 10.2. The van der Waals surface area contributed by atoms with Crippen molar-refractivity contribution in [2.45, 2.75) is 11.3 Å². The predicted octanol–water partition coefficient (Wildman–Crippen LogP) is 2.09. The van der Waals surface area contributed by atoms with Crippen LogP contribution in [0.2, 0.25) is 0 Å². The molecule has 4 rings (SSSR count). The van der Waals surface area contributed by atoms with Gasteiger partial charge in [-0.25, -0.2) is 13.1 Å². The minimum atomic E-state index is -3.67. The summed E-state index contributed by atoms with van der Waals surface area (Å²) in [6.07, 6.45) is 1.92. The maximum atomic E-state index is 12.4. The molecule has 7 nitrogen and oxygen atoms in total. The first-order valence-corrected chi connectivity index (χ1v) is 9.90. The van der Waals surface area contributed by atoms with Gasteiger partial charge in [0.05, 0.1) is 16.8 Å². The van der Waals surface area contributed by atoms with Crippen molar-refractivity contribution in [2.75, 3.05) is 18.5 Å². The van der Waals surface area contributed by atoms with E-state index in [9.17, 15) is 13.2 Å². The van der Waals surface area contributed by atoms with Crippen molar-refractivity contribution in [1.82, 2.24) is 9.71 Å². The Morgan fingerprint density at radius 1 is 1.15 bits per heavy atom. The summed E-state index contributed by atoms with van der Waals surface area (Å²) in [5.41, 5.74) is 2.21. The fourth-order valence-electron chi connectivity index (χ4n) is 2.94. The zero-order chi connectivity index (χ0) is 18.9. The number of nitrogens with zero attached hydrogens (tertiary/aromatic N) is 1. The van der Waals surface area contributed by atoms with E-state index in [4.69, 9.17) is 4.74 Å². The lowest BCUT2D eigenvalue weighted by Crippen LogP contribution is -2.28. The number of nitrogens with one attached hydrogen (secondary N) is 2. The molecule has 1 aliphatic rings. The van der Waals surface area contributed by atoms with E-state index < -0.39 is 10.0 Å². The Balaban J connectivity index is 1.36. The first kappa shape index (κ1) is 17.4. The average molecular weight is 383 g/mol. The number of rotatable bonds is 6. The van der Waals surface area contributed by atoms with Crippen LogP contribution in [0.4, 0.5) is 5.69 Å². The van der Waals surface area contributed by atoms with Gasteiger partial charge in [0.15, 0.2) is 0 Å². The van der Waals surface area contributed by atoms with Gasteiger partial charge in [0.2, 0.25) is 15.9 Å². The van der Waals surface area contributed by atoms with E-state index in [1.165, 1.54) is 12.1 Å². The van der Waals surface area contributed by atoms with Crippen molar-refractivity contribution in [3.8, 4) is 5.75 Å². The molecule has 1 amide bonds. The lowest BCUT2D eigenvalue weighted by molar-refractivity contribution is -0.115. The number of anilines is 1. The number of carbonyl (C=O) groups excluding carboxylic acids is 1. The van der Waals surface area contributed by atoms with Crippen LogP contribution in [0.3, 0.4) is 0 Å². The summed E-state index contributed by atoms with van der Waals surface area (Å²) >= 11 is 0. The number of ether oxygens (including phenoxy) is 1. The number of carbonyl (C=O) groups is 1. The van der Waals surface area contributed by atoms with Crippen LogP contribution in [0, 0.1) is 0 Å². The molecular formula is C19H17N3O4S. The minimum Gasteiger partial charge on any atom is -0.492 e. The van der Waals surface area contributed by atoms with Gasteiger partial charge in [-0.2, -0.15) is 0 Å². The molecule has 0 bridgehead atoms. The summed E-state index contributed by atoms with van der Waals surface area (Å²) in [5.74, 6) is 0.517. The number of amides is 1. The number of benzene rings is 2. The lowest BCUT2D eigenvalue weighted by Gasteiger charge is -2.10. The van der Waals surface area contributed by atoms with Gasteiger partial charge in [-0.05, 0) is 48.0 Å². The Morgan fingerprint density at radius 2 is 2.04 bits per heavy atom. The van der Waals surface area contributed by atoms with Gasteiger partial charge in [-0.15, -0.1) is 0 Å². The predicted molar refractivity (Wildman–Crippen MR) is 101 cm³/mol. The number of sulfonamides is 1. The van der Waals surface area contributed by atoms with Crippen molar-refractivity contribution < 1.29 is 17.9 Å². The molecule has 2 heterocycles. The summed E-state index contributed by atoms with van der Waals surface area (Å²) in [7, 11) is -3.67. The molecule has 2 aromatic carbocycles. The molecule has 0 atom stereocenters. The average Bonchev–Trinajstić information content (AvgIpc) is 3.04. The van der Waals surface area contributed by atoms with E-state index in [1.54, 1.807) is 18.3 Å². The van der Waals surface area contributed by atoms with E-state index in [1.807, 2.05) is 24.3 Å². The highest BCUT2D eigenvalue weighted by Gasteiger charge is 2.21. The smallest absolute Gasteiger partial charge is 0.240 e. The van der Waals surface area contributed by atoms with Crippen LogP contribution in [0.15, 0.2) is 59.6 Å². The first-order chi connectivity index (χ1) is 13.0. The number of hydrogen-bond donors (Lipinski definition) is 2. The van der Waals surface area contributed by atoms with Crippen molar-refractivity contribution >= 4 is 32.5 Å². The largest absolute Gasteiger partial charge is 0.492 e. The third-order valence-corrected chi connectivity index (χ3v) is 5.71. The molecule has 0 spiro atoms. The van der Waals surface area contributed by atoms with Gasteiger partial charge in [0, 0.05) is 23.8 Å². The SMILES string of the molecule is O=C1Cc2cc(S(=O)(=O)NCCOc3ccc4ncccc4c3)ccc2N1. The molecule has 3 aromatic rings. The molecule has 8 heteroatoms. The molecule has 1 aromatic heterocycles. The van der Waals surface area contributed by atoms with Crippen molar-refractivity contribution in [2.24, 2.45) is 0 Å². The topological polar surface area (TPSA) is 97.4 Å². The molecule has 0 saturated heterocycles. The van der Waals surface area contributed by atoms with Crippen molar-refractivity contribution in [3.63, 3.8) is 0 Å². The molecule has 0 fully saturated rings. The molecule has 1 aliphatic heterocycles. The highest BCUT2D eigenvalue weighted by Crippen LogP contribution is 2.25. The standard InChI is InChI=1S/C19H17N3O4S/c23-19-12-14-11-16(4-6-18(14)22-19)27(24,25)21-8-9-26-15-3-5-17-13(10-15)2-1-7-20-17/h1-7,10-11,21H,8-9,12H2,(H,22,23). The summed E-state index contributed by atoms with van der Waals surface area (Å²) in [4.78, 5) is 15.8. The summed E-state index contributed by atoms with van der Waals surface area (Å²) in [5, 5.41) is 3.64. The number of aromatic nitrogens is 1. The van der Waals surface area contributed by atoms with Gasteiger partial charge >= 0.3 is 0 Å². The van der Waals surface area contributed by atoms with Crippen LogP contribution < -0.4 is 14.8 Å². The Hall–Kier alpha value is -2.97. The number of fused-ring (bicyclic) bond motifs is 2. The van der Waals surface area contributed by atoms with E-state index in [2.05, 4.69) is 15.0 Å². The Kier molecular flexibility index (Phi) is 4.51. The molecular weight excluding hydrogens is 366 g/mol. The molecule has 0 radical (unpaired) electrons. The normalized spacial score (nSPS) is 13.4. The summed E-state index contributed by atoms with van der Waals surface area (Å²) in [6.45, 7) is 0.317. The van der Waals surface area contributed by atoms with Crippen LogP contribution in [-0.4, -0.2) is 32.5 Å². The second-order valence-corrected chi connectivity index (χ2v) is 7.92. The third-order valence-electron chi connectivity index (χ3n) is 4.25. The van der Waals surface area contributed by atoms with Crippen LogP contribution in [0.5, 0.6) is 5.75 Å². The summed E-state index contributed by atoms with van der Waals surface area (Å²) in [6, 6.07) is 13.9. The van der Waals surface area contributed by atoms with Gasteiger partial charge in [-0.3, -0.25) is 9.78 Å². The number of hydrogen-bond acceptors (Lipinski definition) is 5. The molecule has 0 saturated carbocycles. The quantitative estimate of drug-likeness (QED) is 0.635. The van der Waals surface area contributed by atoms with Crippen LogP contribution >= 0.6 is 0 Å². The second kappa shape index (κ2) is 6.98. The monoisotopic (exact) mass is 383 g/mol. The number of pyridine rings is 1. The Labute approximate surface area is 156 Å². The molecule has 2 N–H and O–H groups in total. The van der Waals surface area contributed by atoms with E-state index in [0.29, 0.717) is 17.0 Å². The zero-order valence-corrected chi connectivity index (χ0v) is 15.1. The van der Waals surface area contributed by atoms with Gasteiger partial charge in [0.25, 0.3) is 0 Å². The third kappa shape index (κ3) is 3.76. The van der Waals surface area contributed by atoms with Crippen LogP contribution in [-0.2, 0) is 21.2 Å². The maximum Gasteiger partial charge on any atom is 0.240 e. The van der Waals surface area contributed by atoms with E-state index in [0.717, 1.165) is 10.9 Å². The molecule has 138 valence electrons. The Bertz CT molecular complexity index is 1130. The fourth-order valence-corrected chi connectivity index (χ4v) is 4.01. The molecule has 27 heavy (non-hydrogen) atoms. The summed E-state index contributed by atoms with van der Waals surface area (Å²) < 4.78 is 33.0. The van der Waals surface area contributed by atoms with Gasteiger partial charge in [0.1, 0.15) is 12.4 Å². The van der Waals surface area contributed by atoms with Crippen molar-refractivity contribution in [3.05, 3.63) is 60.3 Å². The molecule has 0 aliphatic carbocycles. The second-order valence-electron chi connectivity index (χ2n) is 6.15. The van der Waals surface area contributed by atoms with E-state index in [-0.39, 0.29) is 30.4 Å². The van der Waals surface area contributed by atoms with Crippen LogP contribution in [0.1, 0.15) is 5.56 Å². The zero-order valence-electron chi connectivity index (χ0n) is 14.3. The first-order valence-electron chi connectivity index (χ1n) is 8.41. The van der Waals surface area contributed by atoms with Gasteiger partial charge < -0.3 is 10.1 Å². The highest BCUT2D eigenvalue weighted by molar-refractivity contribution is 7.89.